The van der Waals surface area contributed by atoms with E-state index in [0.717, 1.165) is 43.8 Å². The zero-order valence-electron chi connectivity index (χ0n) is 18.0. The monoisotopic (exact) mass is 446 g/mol. The maximum atomic E-state index is 6.49. The third-order valence-corrected chi connectivity index (χ3v) is 7.68. The average Bonchev–Trinajstić information content (AvgIpc) is 3.52. The number of aryl methyl sites for hydroxylation is 1. The van der Waals surface area contributed by atoms with Gasteiger partial charge < -0.3 is 9.30 Å². The van der Waals surface area contributed by atoms with Gasteiger partial charge in [-0.15, -0.1) is 11.3 Å². The summed E-state index contributed by atoms with van der Waals surface area (Å²) >= 11 is 1.74. The molecule has 0 unspecified atom stereocenters. The molecule has 32 heavy (non-hydrogen) atoms. The zero-order chi connectivity index (χ0) is 21.5. The quantitative estimate of drug-likeness (QED) is 0.459. The Hall–Kier alpha value is -2.84. The molecule has 0 spiro atoms. The van der Waals surface area contributed by atoms with Crippen LogP contribution in [0.4, 0.5) is 0 Å². The van der Waals surface area contributed by atoms with Crippen molar-refractivity contribution in [1.29, 1.82) is 0 Å². The first-order valence-corrected chi connectivity index (χ1v) is 12.1. The second-order valence-electron chi connectivity index (χ2n) is 8.90. The molecule has 0 bridgehead atoms. The molecule has 1 aromatic carbocycles. The van der Waals surface area contributed by atoms with Gasteiger partial charge in [-0.1, -0.05) is 12.1 Å². The number of nitrogens with zero attached hydrogens (tertiary/aromatic N) is 6. The van der Waals surface area contributed by atoms with Gasteiger partial charge in [-0.3, -0.25) is 9.88 Å². The molecule has 0 radical (unpaired) electrons. The first-order valence-electron chi connectivity index (χ1n) is 11.2. The molecule has 6 rings (SSSR count). The van der Waals surface area contributed by atoms with Gasteiger partial charge in [0.15, 0.2) is 0 Å². The number of thiazole rings is 1. The van der Waals surface area contributed by atoms with Crippen molar-refractivity contribution in [2.24, 2.45) is 11.8 Å². The Morgan fingerprint density at radius 2 is 1.94 bits per heavy atom. The van der Waals surface area contributed by atoms with E-state index in [1.807, 2.05) is 6.20 Å². The molecular formula is C24H26N6OS. The van der Waals surface area contributed by atoms with Gasteiger partial charge in [0.05, 0.1) is 29.8 Å². The third kappa shape index (κ3) is 3.67. The SMILES string of the molecule is Cc1nc2ccccc2n1[C@H]1C[C@H]2CN(Cc3nccs3)C[C@H]2C[C@@H]1Oc1cnccn1. The van der Waals surface area contributed by atoms with Gasteiger partial charge in [0, 0.05) is 37.1 Å². The lowest BCUT2D eigenvalue weighted by molar-refractivity contribution is 0.0519. The number of hydrogen-bond donors (Lipinski definition) is 0. The Morgan fingerprint density at radius 1 is 1.06 bits per heavy atom. The summed E-state index contributed by atoms with van der Waals surface area (Å²) in [6, 6.07) is 8.62. The molecule has 3 aromatic heterocycles. The van der Waals surface area contributed by atoms with Gasteiger partial charge in [-0.25, -0.2) is 15.0 Å². The number of ether oxygens (including phenoxy) is 1. The number of rotatable bonds is 5. The zero-order valence-corrected chi connectivity index (χ0v) is 18.9. The van der Waals surface area contributed by atoms with Gasteiger partial charge in [-0.05, 0) is 43.7 Å². The van der Waals surface area contributed by atoms with Crippen LogP contribution in [-0.2, 0) is 6.54 Å². The Morgan fingerprint density at radius 3 is 2.75 bits per heavy atom. The predicted molar refractivity (Wildman–Crippen MR) is 124 cm³/mol. The van der Waals surface area contributed by atoms with Gasteiger partial charge in [-0.2, -0.15) is 0 Å². The van der Waals surface area contributed by atoms with Crippen LogP contribution in [0.1, 0.15) is 29.7 Å². The third-order valence-electron chi connectivity index (χ3n) is 6.92. The Balaban J connectivity index is 1.32. The molecule has 164 valence electrons. The minimum atomic E-state index is 0.0315. The lowest BCUT2D eigenvalue weighted by Gasteiger charge is -2.39. The topological polar surface area (TPSA) is 69.0 Å². The Labute approximate surface area is 191 Å². The number of aromatic nitrogens is 5. The van der Waals surface area contributed by atoms with Crippen LogP contribution in [0, 0.1) is 18.8 Å². The number of para-hydroxylation sites is 2. The summed E-state index contributed by atoms with van der Waals surface area (Å²) in [5, 5.41) is 3.26. The van der Waals surface area contributed by atoms with Crippen LogP contribution in [0.5, 0.6) is 5.88 Å². The minimum absolute atomic E-state index is 0.0315. The maximum Gasteiger partial charge on any atom is 0.232 e. The van der Waals surface area contributed by atoms with Crippen LogP contribution in [0.3, 0.4) is 0 Å². The Kier molecular flexibility index (Phi) is 5.11. The molecule has 4 heterocycles. The molecule has 1 saturated heterocycles. The summed E-state index contributed by atoms with van der Waals surface area (Å²) in [7, 11) is 0. The highest BCUT2D eigenvalue weighted by Gasteiger charge is 2.44. The van der Waals surface area contributed by atoms with Crippen LogP contribution in [0.25, 0.3) is 11.0 Å². The molecule has 0 amide bonds. The standard InChI is InChI=1S/C24H26N6OS/c1-16-28-19-4-2-3-5-20(19)30(16)21-10-17-13-29(15-24-27-8-9-32-24)14-18(17)11-22(21)31-23-12-25-6-7-26-23/h2-9,12,17-18,21-22H,10-11,13-15H2,1H3/t17-,18+,21-,22-/m0/s1. The normalized spacial score (nSPS) is 25.8. The number of hydrogen-bond acceptors (Lipinski definition) is 7. The molecule has 2 fully saturated rings. The highest BCUT2D eigenvalue weighted by Crippen LogP contribution is 2.44. The van der Waals surface area contributed by atoms with Crippen molar-refractivity contribution >= 4 is 22.4 Å². The largest absolute Gasteiger partial charge is 0.471 e. The van der Waals surface area contributed by atoms with E-state index in [2.05, 4.69) is 61.0 Å². The van der Waals surface area contributed by atoms with Crippen molar-refractivity contribution < 1.29 is 4.74 Å². The predicted octanol–water partition coefficient (Wildman–Crippen LogP) is 4.12. The van der Waals surface area contributed by atoms with Crippen molar-refractivity contribution in [3.63, 3.8) is 0 Å². The van der Waals surface area contributed by atoms with Gasteiger partial charge >= 0.3 is 0 Å². The summed E-state index contributed by atoms with van der Waals surface area (Å²) in [4.78, 5) is 20.5. The van der Waals surface area contributed by atoms with E-state index < -0.39 is 0 Å². The molecule has 8 heteroatoms. The number of fused-ring (bicyclic) bond motifs is 2. The van der Waals surface area contributed by atoms with Crippen molar-refractivity contribution in [2.75, 3.05) is 13.1 Å². The van der Waals surface area contributed by atoms with E-state index in [4.69, 9.17) is 9.72 Å². The van der Waals surface area contributed by atoms with Crippen LogP contribution in [0.15, 0.2) is 54.4 Å². The molecule has 0 N–H and O–H groups in total. The van der Waals surface area contributed by atoms with Gasteiger partial charge in [0.1, 0.15) is 16.9 Å². The first-order chi connectivity index (χ1) is 15.7. The van der Waals surface area contributed by atoms with Crippen molar-refractivity contribution in [2.45, 2.75) is 38.5 Å². The molecule has 4 atom stereocenters. The van der Waals surface area contributed by atoms with Crippen LogP contribution in [0.2, 0.25) is 0 Å². The van der Waals surface area contributed by atoms with E-state index in [9.17, 15) is 0 Å². The average molecular weight is 447 g/mol. The van der Waals surface area contributed by atoms with Gasteiger partial charge in [0.2, 0.25) is 5.88 Å². The number of likely N-dealkylation sites (tertiary alicyclic amines) is 1. The fourth-order valence-corrected chi connectivity index (χ4v) is 6.28. The summed E-state index contributed by atoms with van der Waals surface area (Å²) < 4.78 is 8.89. The molecular weight excluding hydrogens is 420 g/mol. The lowest BCUT2D eigenvalue weighted by atomic mass is 9.77. The molecule has 1 aliphatic heterocycles. The molecule has 1 saturated carbocycles. The van der Waals surface area contributed by atoms with E-state index >= 15 is 0 Å². The highest BCUT2D eigenvalue weighted by molar-refractivity contribution is 7.09. The number of benzene rings is 1. The van der Waals surface area contributed by atoms with Crippen LogP contribution >= 0.6 is 11.3 Å². The van der Waals surface area contributed by atoms with E-state index in [0.29, 0.717) is 17.7 Å². The summed E-state index contributed by atoms with van der Waals surface area (Å²) in [5.41, 5.74) is 2.22. The maximum absolute atomic E-state index is 6.49. The molecule has 7 nitrogen and oxygen atoms in total. The fourth-order valence-electron chi connectivity index (χ4n) is 5.62. The van der Waals surface area contributed by atoms with Gasteiger partial charge in [0.25, 0.3) is 0 Å². The van der Waals surface area contributed by atoms with E-state index in [-0.39, 0.29) is 12.1 Å². The van der Waals surface area contributed by atoms with E-state index in [1.54, 1.807) is 29.9 Å². The molecule has 2 aliphatic rings. The van der Waals surface area contributed by atoms with Crippen molar-refractivity contribution in [3.05, 3.63) is 65.3 Å². The minimum Gasteiger partial charge on any atom is -0.471 e. The fraction of sp³-hybridized carbons (Fsp3) is 0.417. The van der Waals surface area contributed by atoms with Crippen molar-refractivity contribution in [3.8, 4) is 5.88 Å². The smallest absolute Gasteiger partial charge is 0.232 e. The van der Waals surface area contributed by atoms with Crippen LogP contribution in [-0.4, -0.2) is 48.6 Å². The Bertz CT molecular complexity index is 1190. The number of imidazole rings is 1. The molecule has 4 aromatic rings. The van der Waals surface area contributed by atoms with Crippen LogP contribution < -0.4 is 4.74 Å². The lowest BCUT2D eigenvalue weighted by Crippen LogP contribution is -2.40. The molecule has 1 aliphatic carbocycles. The first kappa shape index (κ1) is 19.8. The second kappa shape index (κ2) is 8.26. The summed E-state index contributed by atoms with van der Waals surface area (Å²) in [6.45, 7) is 5.26. The highest BCUT2D eigenvalue weighted by atomic mass is 32.1. The summed E-state index contributed by atoms with van der Waals surface area (Å²) in [5.74, 6) is 2.89. The van der Waals surface area contributed by atoms with Crippen molar-refractivity contribution in [1.82, 2.24) is 29.4 Å². The van der Waals surface area contributed by atoms with E-state index in [1.165, 1.54) is 10.5 Å². The second-order valence-corrected chi connectivity index (χ2v) is 9.88. The summed E-state index contributed by atoms with van der Waals surface area (Å²) in [6.07, 6.45) is 9.10.